The SMILES string of the molecule is CCOC(=O)c1ccnc(NC(=O)c2ccc(C)c(C)c2)c1. The summed E-state index contributed by atoms with van der Waals surface area (Å²) in [5, 5.41) is 2.68. The van der Waals surface area contributed by atoms with Crippen LogP contribution in [0.15, 0.2) is 36.5 Å². The zero-order chi connectivity index (χ0) is 16.1. The van der Waals surface area contributed by atoms with E-state index in [-0.39, 0.29) is 5.91 Å². The summed E-state index contributed by atoms with van der Waals surface area (Å²) >= 11 is 0. The van der Waals surface area contributed by atoms with Gasteiger partial charge in [0.25, 0.3) is 5.91 Å². The first-order valence-corrected chi connectivity index (χ1v) is 7.03. The van der Waals surface area contributed by atoms with E-state index in [9.17, 15) is 9.59 Å². The summed E-state index contributed by atoms with van der Waals surface area (Å²) in [7, 11) is 0. The minimum Gasteiger partial charge on any atom is -0.462 e. The minimum atomic E-state index is -0.438. The molecular formula is C17H18N2O3. The maximum atomic E-state index is 12.2. The molecule has 2 rings (SSSR count). The van der Waals surface area contributed by atoms with Crippen LogP contribution < -0.4 is 5.32 Å². The Labute approximate surface area is 129 Å². The van der Waals surface area contributed by atoms with Gasteiger partial charge in [0.1, 0.15) is 5.82 Å². The maximum Gasteiger partial charge on any atom is 0.338 e. The number of carbonyl (C=O) groups is 2. The topological polar surface area (TPSA) is 68.3 Å². The highest BCUT2D eigenvalue weighted by molar-refractivity contribution is 6.04. The summed E-state index contributed by atoms with van der Waals surface area (Å²) in [5.41, 5.74) is 3.07. The molecule has 0 radical (unpaired) electrons. The van der Waals surface area contributed by atoms with Crippen LogP contribution in [-0.4, -0.2) is 23.5 Å². The number of anilines is 1. The highest BCUT2D eigenvalue weighted by Crippen LogP contribution is 2.13. The summed E-state index contributed by atoms with van der Waals surface area (Å²) in [6.45, 7) is 5.97. The molecule has 1 heterocycles. The lowest BCUT2D eigenvalue weighted by atomic mass is 10.1. The van der Waals surface area contributed by atoms with E-state index in [1.807, 2.05) is 26.0 Å². The molecule has 0 unspecified atom stereocenters. The number of carbonyl (C=O) groups excluding carboxylic acids is 2. The van der Waals surface area contributed by atoms with Crippen molar-refractivity contribution in [1.82, 2.24) is 4.98 Å². The number of amides is 1. The highest BCUT2D eigenvalue weighted by atomic mass is 16.5. The van der Waals surface area contributed by atoms with Gasteiger partial charge in [0.05, 0.1) is 12.2 Å². The van der Waals surface area contributed by atoms with Crippen molar-refractivity contribution in [3.05, 3.63) is 58.8 Å². The largest absolute Gasteiger partial charge is 0.462 e. The van der Waals surface area contributed by atoms with Gasteiger partial charge < -0.3 is 10.1 Å². The van der Waals surface area contributed by atoms with Crippen LogP contribution in [0.5, 0.6) is 0 Å². The Kier molecular flexibility index (Phi) is 4.88. The molecule has 0 saturated carbocycles. The Morgan fingerprint density at radius 1 is 1.09 bits per heavy atom. The number of hydrogen-bond donors (Lipinski definition) is 1. The number of hydrogen-bond acceptors (Lipinski definition) is 4. The van der Waals surface area contributed by atoms with Crippen molar-refractivity contribution in [2.24, 2.45) is 0 Å². The molecule has 0 spiro atoms. The summed E-state index contributed by atoms with van der Waals surface area (Å²) < 4.78 is 4.92. The molecule has 0 fully saturated rings. The van der Waals surface area contributed by atoms with E-state index >= 15 is 0 Å². The van der Waals surface area contributed by atoms with Crippen LogP contribution in [0.1, 0.15) is 38.8 Å². The third-order valence-electron chi connectivity index (χ3n) is 3.28. The predicted molar refractivity (Wildman–Crippen MR) is 84.1 cm³/mol. The number of rotatable bonds is 4. The maximum absolute atomic E-state index is 12.2. The quantitative estimate of drug-likeness (QED) is 0.881. The van der Waals surface area contributed by atoms with Crippen molar-refractivity contribution >= 4 is 17.7 Å². The zero-order valence-corrected chi connectivity index (χ0v) is 12.8. The van der Waals surface area contributed by atoms with Gasteiger partial charge in [0.2, 0.25) is 0 Å². The number of ether oxygens (including phenoxy) is 1. The van der Waals surface area contributed by atoms with Gasteiger partial charge in [-0.25, -0.2) is 9.78 Å². The smallest absolute Gasteiger partial charge is 0.338 e. The van der Waals surface area contributed by atoms with Gasteiger partial charge in [-0.3, -0.25) is 4.79 Å². The lowest BCUT2D eigenvalue weighted by Crippen LogP contribution is -2.14. The Bertz CT molecular complexity index is 711. The number of pyridine rings is 1. The highest BCUT2D eigenvalue weighted by Gasteiger charge is 2.11. The fourth-order valence-electron chi connectivity index (χ4n) is 1.91. The second kappa shape index (κ2) is 6.85. The number of aryl methyl sites for hydroxylation is 2. The molecule has 1 amide bonds. The molecule has 0 aliphatic rings. The van der Waals surface area contributed by atoms with Crippen LogP contribution in [-0.2, 0) is 4.74 Å². The summed E-state index contributed by atoms with van der Waals surface area (Å²) in [4.78, 5) is 27.9. The second-order valence-electron chi connectivity index (χ2n) is 4.90. The minimum absolute atomic E-state index is 0.267. The van der Waals surface area contributed by atoms with Crippen LogP contribution in [0.25, 0.3) is 0 Å². The van der Waals surface area contributed by atoms with Gasteiger partial charge in [-0.1, -0.05) is 6.07 Å². The van der Waals surface area contributed by atoms with Crippen LogP contribution in [0.3, 0.4) is 0 Å². The zero-order valence-electron chi connectivity index (χ0n) is 12.8. The lowest BCUT2D eigenvalue weighted by molar-refractivity contribution is 0.0526. The van der Waals surface area contributed by atoms with Crippen molar-refractivity contribution in [2.45, 2.75) is 20.8 Å². The molecule has 5 nitrogen and oxygen atoms in total. The molecule has 5 heteroatoms. The van der Waals surface area contributed by atoms with E-state index in [0.29, 0.717) is 23.6 Å². The number of nitrogens with zero attached hydrogens (tertiary/aromatic N) is 1. The molecule has 1 aromatic heterocycles. The molecule has 114 valence electrons. The number of nitrogens with one attached hydrogen (secondary N) is 1. The van der Waals surface area contributed by atoms with Crippen LogP contribution in [0.4, 0.5) is 5.82 Å². The van der Waals surface area contributed by atoms with Gasteiger partial charge in [-0.15, -0.1) is 0 Å². The fraction of sp³-hybridized carbons (Fsp3) is 0.235. The van der Waals surface area contributed by atoms with Gasteiger partial charge in [0.15, 0.2) is 0 Å². The number of aromatic nitrogens is 1. The van der Waals surface area contributed by atoms with Crippen molar-refractivity contribution in [1.29, 1.82) is 0 Å². The molecule has 2 aromatic rings. The molecule has 1 N–H and O–H groups in total. The normalized spacial score (nSPS) is 10.1. The molecule has 22 heavy (non-hydrogen) atoms. The first-order valence-electron chi connectivity index (χ1n) is 7.03. The van der Waals surface area contributed by atoms with E-state index in [2.05, 4.69) is 10.3 Å². The van der Waals surface area contributed by atoms with Crippen LogP contribution >= 0.6 is 0 Å². The van der Waals surface area contributed by atoms with Gasteiger partial charge >= 0.3 is 5.97 Å². The van der Waals surface area contributed by atoms with Gasteiger partial charge in [-0.05, 0) is 56.2 Å². The summed E-state index contributed by atoms with van der Waals surface area (Å²) in [6.07, 6.45) is 1.46. The van der Waals surface area contributed by atoms with E-state index < -0.39 is 5.97 Å². The molecule has 0 aliphatic carbocycles. The lowest BCUT2D eigenvalue weighted by Gasteiger charge is -2.08. The van der Waals surface area contributed by atoms with E-state index in [1.165, 1.54) is 12.3 Å². The summed E-state index contributed by atoms with van der Waals surface area (Å²) in [6, 6.07) is 8.51. The second-order valence-corrected chi connectivity index (χ2v) is 4.90. The number of esters is 1. The third kappa shape index (κ3) is 3.69. The molecule has 0 atom stereocenters. The fourth-order valence-corrected chi connectivity index (χ4v) is 1.91. The molecule has 0 saturated heterocycles. The van der Waals surface area contributed by atoms with Crippen LogP contribution in [0, 0.1) is 13.8 Å². The monoisotopic (exact) mass is 298 g/mol. The van der Waals surface area contributed by atoms with Crippen molar-refractivity contribution in [3.63, 3.8) is 0 Å². The van der Waals surface area contributed by atoms with E-state index in [0.717, 1.165) is 11.1 Å². The van der Waals surface area contributed by atoms with Crippen molar-refractivity contribution in [3.8, 4) is 0 Å². The van der Waals surface area contributed by atoms with Crippen LogP contribution in [0.2, 0.25) is 0 Å². The first kappa shape index (κ1) is 15.7. The first-order chi connectivity index (χ1) is 10.5. The molecule has 1 aromatic carbocycles. The predicted octanol–water partition coefficient (Wildman–Crippen LogP) is 3.13. The summed E-state index contributed by atoms with van der Waals surface area (Å²) in [5.74, 6) is -0.392. The molecular weight excluding hydrogens is 280 g/mol. The van der Waals surface area contributed by atoms with Crippen molar-refractivity contribution in [2.75, 3.05) is 11.9 Å². The van der Waals surface area contributed by atoms with E-state index in [1.54, 1.807) is 19.1 Å². The average Bonchev–Trinajstić information content (AvgIpc) is 2.50. The Hall–Kier alpha value is -2.69. The molecule has 0 bridgehead atoms. The van der Waals surface area contributed by atoms with Gasteiger partial charge in [0, 0.05) is 11.8 Å². The van der Waals surface area contributed by atoms with Crippen molar-refractivity contribution < 1.29 is 14.3 Å². The third-order valence-corrected chi connectivity index (χ3v) is 3.28. The Balaban J connectivity index is 2.16. The Morgan fingerprint density at radius 2 is 1.86 bits per heavy atom. The standard InChI is InChI=1S/C17H18N2O3/c1-4-22-17(21)14-7-8-18-15(10-14)19-16(20)13-6-5-11(2)12(3)9-13/h5-10H,4H2,1-3H3,(H,18,19,20). The number of benzene rings is 1. The van der Waals surface area contributed by atoms with Gasteiger partial charge in [-0.2, -0.15) is 0 Å². The molecule has 0 aliphatic heterocycles. The Morgan fingerprint density at radius 3 is 2.55 bits per heavy atom. The van der Waals surface area contributed by atoms with E-state index in [4.69, 9.17) is 4.74 Å². The average molecular weight is 298 g/mol.